The van der Waals surface area contributed by atoms with Crippen LogP contribution in [0.5, 0.6) is 0 Å². The first-order valence-electron chi connectivity index (χ1n) is 7.17. The van der Waals surface area contributed by atoms with Gasteiger partial charge in [-0.1, -0.05) is 6.08 Å². The van der Waals surface area contributed by atoms with Crippen molar-refractivity contribution in [3.8, 4) is 0 Å². The number of aromatic nitrogens is 4. The number of hydrogen-bond donors (Lipinski definition) is 1. The molecule has 0 atom stereocenters. The Morgan fingerprint density at radius 3 is 3.00 bits per heavy atom. The van der Waals surface area contributed by atoms with Gasteiger partial charge in [0.25, 0.3) is 0 Å². The molecule has 3 heterocycles. The molecular formula is C16H14FN5. The predicted octanol–water partition coefficient (Wildman–Crippen LogP) is 2.61. The molecule has 1 aliphatic carbocycles. The lowest BCUT2D eigenvalue weighted by Gasteiger charge is -2.11. The van der Waals surface area contributed by atoms with E-state index in [1.165, 1.54) is 10.6 Å². The first-order valence-corrected chi connectivity index (χ1v) is 7.17. The number of halogens is 1. The van der Waals surface area contributed by atoms with Crippen LogP contribution in [-0.4, -0.2) is 19.4 Å². The molecule has 1 aliphatic rings. The largest absolute Gasteiger partial charge is 0.368 e. The van der Waals surface area contributed by atoms with E-state index in [1.54, 1.807) is 12.4 Å². The van der Waals surface area contributed by atoms with Crippen LogP contribution in [0.4, 0.5) is 10.3 Å². The van der Waals surface area contributed by atoms with E-state index in [4.69, 9.17) is 5.73 Å². The second-order valence-electron chi connectivity index (χ2n) is 5.33. The van der Waals surface area contributed by atoms with E-state index in [9.17, 15) is 4.39 Å². The highest BCUT2D eigenvalue weighted by molar-refractivity contribution is 5.81. The summed E-state index contributed by atoms with van der Waals surface area (Å²) in [4.78, 5) is 12.5. The van der Waals surface area contributed by atoms with Gasteiger partial charge in [0.1, 0.15) is 5.65 Å². The number of hydrogen-bond acceptors (Lipinski definition) is 4. The maximum Gasteiger partial charge on any atom is 0.220 e. The number of anilines is 1. The zero-order chi connectivity index (χ0) is 15.1. The standard InChI is InChI=1S/C16H14FN5/c17-14-8-19-15-6-5-10(9-22(14)15)11-3-1-2-4-13-12(11)7-20-16(18)21-13/h3,5-9H,1-2,4H2,(H2,18,20,21). The van der Waals surface area contributed by atoms with Crippen LogP contribution in [0.2, 0.25) is 0 Å². The fourth-order valence-corrected chi connectivity index (χ4v) is 2.86. The molecule has 4 rings (SSSR count). The van der Waals surface area contributed by atoms with Gasteiger partial charge in [-0.15, -0.1) is 0 Å². The van der Waals surface area contributed by atoms with Gasteiger partial charge in [-0.25, -0.2) is 15.0 Å². The molecule has 110 valence electrons. The van der Waals surface area contributed by atoms with Crippen molar-refractivity contribution in [3.05, 3.63) is 59.6 Å². The quantitative estimate of drug-likeness (QED) is 0.749. The van der Waals surface area contributed by atoms with E-state index >= 15 is 0 Å². The smallest absolute Gasteiger partial charge is 0.220 e. The molecule has 0 fully saturated rings. The highest BCUT2D eigenvalue weighted by Crippen LogP contribution is 2.30. The van der Waals surface area contributed by atoms with Crippen molar-refractivity contribution in [1.29, 1.82) is 0 Å². The normalized spacial score (nSPS) is 14.5. The molecule has 3 aromatic heterocycles. The van der Waals surface area contributed by atoms with Gasteiger partial charge in [0.05, 0.1) is 11.9 Å². The number of aryl methyl sites for hydroxylation is 1. The number of imidazole rings is 1. The molecule has 0 radical (unpaired) electrons. The van der Waals surface area contributed by atoms with Crippen LogP contribution >= 0.6 is 0 Å². The van der Waals surface area contributed by atoms with Crippen molar-refractivity contribution >= 4 is 17.2 Å². The maximum atomic E-state index is 13.8. The number of nitrogen functional groups attached to an aromatic ring is 1. The van der Waals surface area contributed by atoms with Crippen molar-refractivity contribution in [3.63, 3.8) is 0 Å². The van der Waals surface area contributed by atoms with Gasteiger partial charge in [-0.3, -0.25) is 4.40 Å². The van der Waals surface area contributed by atoms with Gasteiger partial charge in [0.15, 0.2) is 0 Å². The molecule has 0 amide bonds. The van der Waals surface area contributed by atoms with Gasteiger partial charge in [0.2, 0.25) is 11.9 Å². The summed E-state index contributed by atoms with van der Waals surface area (Å²) >= 11 is 0. The van der Waals surface area contributed by atoms with Gasteiger partial charge in [0, 0.05) is 18.0 Å². The minimum absolute atomic E-state index is 0.288. The fourth-order valence-electron chi connectivity index (χ4n) is 2.86. The van der Waals surface area contributed by atoms with E-state index in [0.29, 0.717) is 5.65 Å². The third kappa shape index (κ3) is 2.04. The molecule has 0 aromatic carbocycles. The lowest BCUT2D eigenvalue weighted by molar-refractivity contribution is 0.573. The average Bonchev–Trinajstić information content (AvgIpc) is 2.77. The van der Waals surface area contributed by atoms with Gasteiger partial charge in [-0.2, -0.15) is 4.39 Å². The maximum absolute atomic E-state index is 13.8. The molecule has 6 heteroatoms. The first kappa shape index (κ1) is 12.9. The van der Waals surface area contributed by atoms with Crippen LogP contribution in [-0.2, 0) is 6.42 Å². The van der Waals surface area contributed by atoms with E-state index < -0.39 is 0 Å². The van der Waals surface area contributed by atoms with E-state index in [1.807, 2.05) is 12.1 Å². The first-order chi connectivity index (χ1) is 10.7. The Labute approximate surface area is 126 Å². The summed E-state index contributed by atoms with van der Waals surface area (Å²) in [6, 6.07) is 3.75. The van der Waals surface area contributed by atoms with Gasteiger partial charge >= 0.3 is 0 Å². The zero-order valence-electron chi connectivity index (χ0n) is 11.8. The van der Waals surface area contributed by atoms with Crippen LogP contribution < -0.4 is 5.73 Å². The number of pyridine rings is 1. The second-order valence-corrected chi connectivity index (χ2v) is 5.33. The lowest BCUT2D eigenvalue weighted by atomic mass is 9.99. The molecule has 0 spiro atoms. The Morgan fingerprint density at radius 1 is 1.18 bits per heavy atom. The SMILES string of the molecule is Nc1ncc2c(n1)CCCC=C2c1ccc2ncc(F)n2c1. The summed E-state index contributed by atoms with van der Waals surface area (Å²) in [6.45, 7) is 0. The third-order valence-corrected chi connectivity index (χ3v) is 3.91. The lowest BCUT2D eigenvalue weighted by Crippen LogP contribution is -2.03. The van der Waals surface area contributed by atoms with Crippen molar-refractivity contribution in [2.45, 2.75) is 19.3 Å². The van der Waals surface area contributed by atoms with Gasteiger partial charge < -0.3 is 5.73 Å². The number of nitrogens with zero attached hydrogens (tertiary/aromatic N) is 4. The van der Waals surface area contributed by atoms with Crippen LogP contribution in [0, 0.1) is 5.95 Å². The minimum atomic E-state index is -0.375. The highest BCUT2D eigenvalue weighted by atomic mass is 19.1. The van der Waals surface area contributed by atoms with Gasteiger partial charge in [-0.05, 0) is 42.5 Å². The summed E-state index contributed by atoms with van der Waals surface area (Å²) in [7, 11) is 0. The van der Waals surface area contributed by atoms with Crippen molar-refractivity contribution in [1.82, 2.24) is 19.4 Å². The van der Waals surface area contributed by atoms with Crippen molar-refractivity contribution in [2.24, 2.45) is 0 Å². The molecule has 0 unspecified atom stereocenters. The second kappa shape index (κ2) is 4.91. The molecule has 0 bridgehead atoms. The highest BCUT2D eigenvalue weighted by Gasteiger charge is 2.16. The summed E-state index contributed by atoms with van der Waals surface area (Å²) in [6.07, 6.45) is 9.70. The average molecular weight is 295 g/mol. The summed E-state index contributed by atoms with van der Waals surface area (Å²) in [5.74, 6) is -0.0871. The third-order valence-electron chi connectivity index (χ3n) is 3.91. The number of rotatable bonds is 1. The van der Waals surface area contributed by atoms with Crippen LogP contribution in [0.15, 0.2) is 36.8 Å². The summed E-state index contributed by atoms with van der Waals surface area (Å²) in [5.41, 5.74) is 10.1. The topological polar surface area (TPSA) is 69.1 Å². The predicted molar refractivity (Wildman–Crippen MR) is 81.6 cm³/mol. The molecular weight excluding hydrogens is 281 g/mol. The molecule has 5 nitrogen and oxygen atoms in total. The van der Waals surface area contributed by atoms with E-state index in [2.05, 4.69) is 21.0 Å². The minimum Gasteiger partial charge on any atom is -0.368 e. The Bertz CT molecular complexity index is 897. The number of allylic oxidation sites excluding steroid dienone is 1. The molecule has 0 saturated heterocycles. The summed E-state index contributed by atoms with van der Waals surface area (Å²) < 4.78 is 15.2. The monoisotopic (exact) mass is 295 g/mol. The Kier molecular flexibility index (Phi) is 2.89. The number of fused-ring (bicyclic) bond motifs is 2. The molecule has 3 aromatic rings. The van der Waals surface area contributed by atoms with Crippen LogP contribution in [0.25, 0.3) is 11.2 Å². The Balaban J connectivity index is 1.90. The molecule has 22 heavy (non-hydrogen) atoms. The van der Waals surface area contributed by atoms with Crippen molar-refractivity contribution in [2.75, 3.05) is 5.73 Å². The van der Waals surface area contributed by atoms with Crippen LogP contribution in [0.1, 0.15) is 29.7 Å². The Morgan fingerprint density at radius 2 is 2.09 bits per heavy atom. The van der Waals surface area contributed by atoms with E-state index in [-0.39, 0.29) is 11.9 Å². The summed E-state index contributed by atoms with van der Waals surface area (Å²) in [5, 5.41) is 0. The molecule has 0 saturated carbocycles. The fraction of sp³-hybridized carbons (Fsp3) is 0.188. The molecule has 2 N–H and O–H groups in total. The zero-order valence-corrected chi connectivity index (χ0v) is 11.8. The van der Waals surface area contributed by atoms with Crippen molar-refractivity contribution < 1.29 is 4.39 Å². The Hall–Kier alpha value is -2.76. The molecule has 0 aliphatic heterocycles. The number of nitrogens with two attached hydrogens (primary N) is 1. The van der Waals surface area contributed by atoms with E-state index in [0.717, 1.165) is 41.7 Å². The van der Waals surface area contributed by atoms with Crippen LogP contribution in [0.3, 0.4) is 0 Å².